The lowest BCUT2D eigenvalue weighted by Gasteiger charge is -2.10. The number of primary amides is 1. The molecule has 94 valence electrons. The monoisotopic (exact) mass is 262 g/mol. The van der Waals surface area contributed by atoms with Crippen LogP contribution in [0.25, 0.3) is 0 Å². The molecule has 1 amide bonds. The van der Waals surface area contributed by atoms with Gasteiger partial charge in [0.2, 0.25) is 5.91 Å². The zero-order valence-corrected chi connectivity index (χ0v) is 10.5. The molecule has 4 N–H and O–H groups in total. The quantitative estimate of drug-likeness (QED) is 0.690. The Kier molecular flexibility index (Phi) is 4.25. The Morgan fingerprint density at radius 2 is 2.22 bits per heavy atom. The van der Waals surface area contributed by atoms with Crippen LogP contribution in [0.4, 0.5) is 5.69 Å². The van der Waals surface area contributed by atoms with Gasteiger partial charge in [0, 0.05) is 16.8 Å². The fourth-order valence-electron chi connectivity index (χ4n) is 1.46. The predicted octanol–water partition coefficient (Wildman–Crippen LogP) is 1.60. The zero-order chi connectivity index (χ0) is 12.8. The maximum Gasteiger partial charge on any atom is 0.227 e. The van der Waals surface area contributed by atoms with E-state index in [1.165, 1.54) is 11.8 Å². The molecule has 0 radical (unpaired) electrons. The van der Waals surface area contributed by atoms with Crippen LogP contribution in [0.5, 0.6) is 0 Å². The van der Waals surface area contributed by atoms with Crippen molar-refractivity contribution in [3.8, 4) is 0 Å². The van der Waals surface area contributed by atoms with E-state index < -0.39 is 0 Å². The van der Waals surface area contributed by atoms with Gasteiger partial charge in [-0.3, -0.25) is 9.89 Å². The second-order valence-electron chi connectivity index (χ2n) is 3.69. The first kappa shape index (κ1) is 12.5. The van der Waals surface area contributed by atoms with Crippen molar-refractivity contribution in [3.05, 3.63) is 42.2 Å². The number of hydrogen-bond donors (Lipinski definition) is 3. The average Bonchev–Trinajstić information content (AvgIpc) is 2.88. The van der Waals surface area contributed by atoms with Crippen molar-refractivity contribution in [2.24, 2.45) is 5.73 Å². The first-order chi connectivity index (χ1) is 8.75. The molecule has 1 aromatic heterocycles. The first-order valence-corrected chi connectivity index (χ1v) is 6.46. The van der Waals surface area contributed by atoms with Crippen molar-refractivity contribution in [1.82, 2.24) is 10.2 Å². The molecule has 0 aliphatic rings. The van der Waals surface area contributed by atoms with Gasteiger partial charge < -0.3 is 11.1 Å². The van der Waals surface area contributed by atoms with Gasteiger partial charge in [0.05, 0.1) is 18.0 Å². The number of aromatic amines is 1. The number of nitrogens with one attached hydrogen (secondary N) is 2. The summed E-state index contributed by atoms with van der Waals surface area (Å²) < 4.78 is 0. The van der Waals surface area contributed by atoms with Crippen molar-refractivity contribution in [2.75, 3.05) is 11.1 Å². The van der Waals surface area contributed by atoms with Crippen molar-refractivity contribution < 1.29 is 4.79 Å². The number of aromatic nitrogens is 2. The molecule has 0 bridgehead atoms. The number of benzene rings is 1. The van der Waals surface area contributed by atoms with E-state index in [0.29, 0.717) is 6.54 Å². The van der Waals surface area contributed by atoms with Crippen LogP contribution in [0.3, 0.4) is 0 Å². The molecule has 0 fully saturated rings. The van der Waals surface area contributed by atoms with Gasteiger partial charge >= 0.3 is 0 Å². The highest BCUT2D eigenvalue weighted by Gasteiger charge is 2.04. The lowest BCUT2D eigenvalue weighted by Crippen LogP contribution is -2.13. The lowest BCUT2D eigenvalue weighted by molar-refractivity contribution is -0.115. The van der Waals surface area contributed by atoms with Crippen LogP contribution >= 0.6 is 11.8 Å². The molecule has 18 heavy (non-hydrogen) atoms. The van der Waals surface area contributed by atoms with Crippen molar-refractivity contribution in [2.45, 2.75) is 11.4 Å². The number of carbonyl (C=O) groups excluding carboxylic acids is 1. The Morgan fingerprint density at radius 3 is 2.94 bits per heavy atom. The number of para-hydroxylation sites is 1. The van der Waals surface area contributed by atoms with Gasteiger partial charge in [-0.05, 0) is 18.2 Å². The van der Waals surface area contributed by atoms with Crippen LogP contribution in [0, 0.1) is 0 Å². The molecule has 2 aromatic rings. The normalized spacial score (nSPS) is 10.2. The largest absolute Gasteiger partial charge is 0.379 e. The maximum atomic E-state index is 10.8. The van der Waals surface area contributed by atoms with E-state index in [0.717, 1.165) is 16.3 Å². The van der Waals surface area contributed by atoms with Crippen LogP contribution in [-0.4, -0.2) is 21.9 Å². The van der Waals surface area contributed by atoms with Crippen LogP contribution in [0.15, 0.2) is 41.4 Å². The molecule has 0 saturated heterocycles. The molecular weight excluding hydrogens is 248 g/mol. The number of nitrogens with two attached hydrogens (primary N) is 1. The summed E-state index contributed by atoms with van der Waals surface area (Å²) in [5, 5.41) is 10.1. The number of thioether (sulfide) groups is 1. The topological polar surface area (TPSA) is 83.8 Å². The van der Waals surface area contributed by atoms with Gasteiger partial charge in [0.1, 0.15) is 0 Å². The van der Waals surface area contributed by atoms with E-state index in [-0.39, 0.29) is 11.7 Å². The summed E-state index contributed by atoms with van der Waals surface area (Å²) in [5.41, 5.74) is 7.14. The molecule has 0 unspecified atom stereocenters. The van der Waals surface area contributed by atoms with Gasteiger partial charge in [0.15, 0.2) is 0 Å². The third-order valence-corrected chi connectivity index (χ3v) is 3.38. The summed E-state index contributed by atoms with van der Waals surface area (Å²) in [7, 11) is 0. The Bertz CT molecular complexity index is 513. The van der Waals surface area contributed by atoms with Crippen LogP contribution in [0.1, 0.15) is 5.69 Å². The van der Waals surface area contributed by atoms with Gasteiger partial charge in [-0.2, -0.15) is 5.10 Å². The number of H-pyrrole nitrogens is 1. The highest BCUT2D eigenvalue weighted by atomic mass is 32.2. The Morgan fingerprint density at radius 1 is 1.39 bits per heavy atom. The molecule has 5 nitrogen and oxygen atoms in total. The average molecular weight is 262 g/mol. The third kappa shape index (κ3) is 3.53. The molecule has 1 aromatic carbocycles. The van der Waals surface area contributed by atoms with Gasteiger partial charge in [0.25, 0.3) is 0 Å². The van der Waals surface area contributed by atoms with Crippen LogP contribution in [0.2, 0.25) is 0 Å². The number of hydrogen-bond acceptors (Lipinski definition) is 4. The molecule has 2 rings (SSSR count). The summed E-state index contributed by atoms with van der Waals surface area (Å²) in [6, 6.07) is 9.73. The van der Waals surface area contributed by atoms with Crippen LogP contribution < -0.4 is 11.1 Å². The summed E-state index contributed by atoms with van der Waals surface area (Å²) in [6.07, 6.45) is 1.71. The lowest BCUT2D eigenvalue weighted by atomic mass is 10.3. The minimum absolute atomic E-state index is 0.281. The second-order valence-corrected chi connectivity index (χ2v) is 4.70. The molecular formula is C12H14N4OS. The fraction of sp³-hybridized carbons (Fsp3) is 0.167. The number of nitrogens with zero attached hydrogens (tertiary/aromatic N) is 1. The Labute approximate surface area is 109 Å². The van der Waals surface area contributed by atoms with E-state index >= 15 is 0 Å². The molecule has 1 heterocycles. The minimum Gasteiger partial charge on any atom is -0.379 e. The second kappa shape index (κ2) is 6.11. The van der Waals surface area contributed by atoms with E-state index in [1.54, 1.807) is 6.20 Å². The van der Waals surface area contributed by atoms with Crippen molar-refractivity contribution in [1.29, 1.82) is 0 Å². The smallest absolute Gasteiger partial charge is 0.227 e. The van der Waals surface area contributed by atoms with Gasteiger partial charge in [-0.25, -0.2) is 0 Å². The number of anilines is 1. The van der Waals surface area contributed by atoms with Gasteiger partial charge in [-0.15, -0.1) is 11.8 Å². The van der Waals surface area contributed by atoms with Crippen molar-refractivity contribution in [3.63, 3.8) is 0 Å². The highest BCUT2D eigenvalue weighted by molar-refractivity contribution is 8.00. The summed E-state index contributed by atoms with van der Waals surface area (Å²) >= 11 is 1.43. The molecule has 0 aliphatic heterocycles. The van der Waals surface area contributed by atoms with E-state index in [1.807, 2.05) is 30.3 Å². The number of rotatable bonds is 6. The summed E-state index contributed by atoms with van der Waals surface area (Å²) in [4.78, 5) is 11.8. The molecule has 6 heteroatoms. The Hall–Kier alpha value is -1.95. The minimum atomic E-state index is -0.316. The van der Waals surface area contributed by atoms with E-state index in [9.17, 15) is 4.79 Å². The number of amides is 1. The van der Waals surface area contributed by atoms with Gasteiger partial charge in [-0.1, -0.05) is 12.1 Å². The SMILES string of the molecule is NC(=O)CSc1ccccc1NCc1ccn[nH]1. The standard InChI is InChI=1S/C12H14N4OS/c13-12(17)8-18-11-4-2-1-3-10(11)14-7-9-5-6-15-16-9/h1-6,14H,7-8H2,(H2,13,17)(H,15,16). The summed E-state index contributed by atoms with van der Waals surface area (Å²) in [5.74, 6) is -0.0358. The van der Waals surface area contributed by atoms with Crippen LogP contribution in [-0.2, 0) is 11.3 Å². The Balaban J connectivity index is 2.00. The molecule has 0 spiro atoms. The van der Waals surface area contributed by atoms with E-state index in [2.05, 4.69) is 15.5 Å². The summed E-state index contributed by atoms with van der Waals surface area (Å²) in [6.45, 7) is 0.661. The van der Waals surface area contributed by atoms with E-state index in [4.69, 9.17) is 5.73 Å². The number of carbonyl (C=O) groups is 1. The molecule has 0 atom stereocenters. The predicted molar refractivity (Wildman–Crippen MR) is 72.3 cm³/mol. The fourth-order valence-corrected chi connectivity index (χ4v) is 2.23. The van der Waals surface area contributed by atoms with Crippen molar-refractivity contribution >= 4 is 23.4 Å². The highest BCUT2D eigenvalue weighted by Crippen LogP contribution is 2.26. The maximum absolute atomic E-state index is 10.8. The zero-order valence-electron chi connectivity index (χ0n) is 9.72. The molecule has 0 aliphatic carbocycles. The first-order valence-electron chi connectivity index (χ1n) is 5.48. The third-order valence-electron chi connectivity index (χ3n) is 2.28. The molecule has 0 saturated carbocycles.